The molecule has 0 radical (unpaired) electrons. The van der Waals surface area contributed by atoms with E-state index < -0.39 is 0 Å². The van der Waals surface area contributed by atoms with Crippen LogP contribution in [-0.4, -0.2) is 41.1 Å². The molecule has 28 heavy (non-hydrogen) atoms. The number of phenolic OH excluding ortho intramolecular Hbond substituents is 1. The normalized spacial score (nSPS) is 16.8. The van der Waals surface area contributed by atoms with E-state index in [1.165, 1.54) is 0 Å². The van der Waals surface area contributed by atoms with Crippen molar-refractivity contribution >= 4 is 0 Å². The fraction of sp³-hybridized carbons (Fsp3) is 0.190. The summed E-state index contributed by atoms with van der Waals surface area (Å²) in [5.41, 5.74) is 4.12. The van der Waals surface area contributed by atoms with Gasteiger partial charge in [-0.1, -0.05) is 18.2 Å². The average Bonchev–Trinajstić information content (AvgIpc) is 3.40. The highest BCUT2D eigenvalue weighted by Gasteiger charge is 2.33. The first-order valence-corrected chi connectivity index (χ1v) is 9.29. The van der Waals surface area contributed by atoms with E-state index in [2.05, 4.69) is 30.9 Å². The zero-order chi connectivity index (χ0) is 18.9. The monoisotopic (exact) mass is 372 g/mol. The van der Waals surface area contributed by atoms with E-state index in [4.69, 9.17) is 0 Å². The minimum atomic E-state index is -0.0617. The van der Waals surface area contributed by atoms with Crippen LogP contribution in [0.1, 0.15) is 28.7 Å². The van der Waals surface area contributed by atoms with Crippen molar-refractivity contribution in [1.82, 2.24) is 29.4 Å². The minimum Gasteiger partial charge on any atom is -0.508 e. The summed E-state index contributed by atoms with van der Waals surface area (Å²) in [6.45, 7) is 1.49. The van der Waals surface area contributed by atoms with Gasteiger partial charge >= 0.3 is 0 Å². The van der Waals surface area contributed by atoms with Crippen LogP contribution < -0.4 is 0 Å². The van der Waals surface area contributed by atoms with Gasteiger partial charge in [-0.15, -0.1) is 0 Å². The maximum Gasteiger partial charge on any atom is 0.233 e. The van der Waals surface area contributed by atoms with E-state index in [0.717, 1.165) is 35.6 Å². The molecule has 0 spiro atoms. The molecule has 0 aliphatic carbocycles. The molecule has 0 unspecified atom stereocenters. The Bertz CT molecular complexity index is 1090. The van der Waals surface area contributed by atoms with E-state index >= 15 is 0 Å². The molecule has 0 amide bonds. The fourth-order valence-electron chi connectivity index (χ4n) is 3.90. The lowest BCUT2D eigenvalue weighted by Crippen LogP contribution is -2.36. The lowest BCUT2D eigenvalue weighted by Gasteiger charge is -2.35. The van der Waals surface area contributed by atoms with Crippen LogP contribution in [0.3, 0.4) is 0 Å². The molecule has 1 aliphatic heterocycles. The van der Waals surface area contributed by atoms with Gasteiger partial charge in [-0.3, -0.25) is 9.47 Å². The maximum absolute atomic E-state index is 10.3. The summed E-state index contributed by atoms with van der Waals surface area (Å²) in [5, 5.41) is 10.3. The summed E-state index contributed by atoms with van der Waals surface area (Å²) in [4.78, 5) is 19.1. The second kappa shape index (κ2) is 6.94. The number of aromatic amines is 1. The number of aromatic hydroxyl groups is 1. The van der Waals surface area contributed by atoms with Gasteiger partial charge in [0.2, 0.25) is 5.95 Å². The molecule has 7 nitrogen and oxygen atoms in total. The third-order valence-electron chi connectivity index (χ3n) is 5.22. The standard InChI is InChI=1S/C21H20N6O/c28-18-7-2-1-5-15(18)13-26-12-8-16-19(25-14-24-16)20(26)17-6-3-11-27(17)21-22-9-4-10-23-21/h1-7,9-11,14,20,28H,8,12-13H2,(H,24,25)/t20-/m0/s1. The molecule has 0 saturated carbocycles. The highest BCUT2D eigenvalue weighted by Crippen LogP contribution is 2.36. The van der Waals surface area contributed by atoms with Gasteiger partial charge < -0.3 is 10.1 Å². The summed E-state index contributed by atoms with van der Waals surface area (Å²) in [5.74, 6) is 0.948. The van der Waals surface area contributed by atoms with Crippen molar-refractivity contribution in [3.8, 4) is 11.7 Å². The number of hydrogen-bond acceptors (Lipinski definition) is 5. The molecule has 0 fully saturated rings. The molecule has 0 saturated heterocycles. The van der Waals surface area contributed by atoms with Crippen molar-refractivity contribution in [3.05, 3.63) is 90.0 Å². The summed E-state index contributed by atoms with van der Waals surface area (Å²) < 4.78 is 2.01. The molecule has 3 aromatic heterocycles. The second-order valence-corrected chi connectivity index (χ2v) is 6.87. The molecule has 140 valence electrons. The molecule has 4 heterocycles. The zero-order valence-electron chi connectivity index (χ0n) is 15.2. The van der Waals surface area contributed by atoms with Crippen LogP contribution in [0.4, 0.5) is 0 Å². The zero-order valence-corrected chi connectivity index (χ0v) is 15.2. The van der Waals surface area contributed by atoms with Gasteiger partial charge in [-0.25, -0.2) is 15.0 Å². The van der Waals surface area contributed by atoms with Crippen molar-refractivity contribution in [1.29, 1.82) is 0 Å². The maximum atomic E-state index is 10.3. The van der Waals surface area contributed by atoms with Crippen molar-refractivity contribution in [2.75, 3.05) is 6.54 Å². The number of nitrogens with one attached hydrogen (secondary N) is 1. The van der Waals surface area contributed by atoms with Crippen LogP contribution in [0.2, 0.25) is 0 Å². The van der Waals surface area contributed by atoms with Crippen LogP contribution in [0.5, 0.6) is 5.75 Å². The molecule has 7 heteroatoms. The number of fused-ring (bicyclic) bond motifs is 1. The van der Waals surface area contributed by atoms with Crippen LogP contribution in [0, 0.1) is 0 Å². The van der Waals surface area contributed by atoms with Crippen molar-refractivity contribution < 1.29 is 5.11 Å². The summed E-state index contributed by atoms with van der Waals surface area (Å²) >= 11 is 0. The minimum absolute atomic E-state index is 0.0617. The van der Waals surface area contributed by atoms with E-state index in [9.17, 15) is 5.11 Å². The Morgan fingerprint density at radius 3 is 2.75 bits per heavy atom. The Morgan fingerprint density at radius 2 is 1.89 bits per heavy atom. The number of nitrogens with zero attached hydrogens (tertiary/aromatic N) is 5. The SMILES string of the molecule is Oc1ccccc1CN1CCc2[nH]cnc2[C@@H]1c1cccn1-c1ncccn1. The Morgan fingerprint density at radius 1 is 1.04 bits per heavy atom. The van der Waals surface area contributed by atoms with E-state index in [0.29, 0.717) is 18.2 Å². The Balaban J connectivity index is 1.59. The van der Waals surface area contributed by atoms with Crippen molar-refractivity contribution in [3.63, 3.8) is 0 Å². The third-order valence-corrected chi connectivity index (χ3v) is 5.22. The molecule has 1 aromatic carbocycles. The molecular weight excluding hydrogens is 352 g/mol. The first kappa shape index (κ1) is 16.7. The smallest absolute Gasteiger partial charge is 0.233 e. The number of phenols is 1. The molecule has 2 N–H and O–H groups in total. The largest absolute Gasteiger partial charge is 0.508 e. The van der Waals surface area contributed by atoms with Gasteiger partial charge in [-0.05, 0) is 24.3 Å². The number of rotatable bonds is 4. The molecule has 5 rings (SSSR count). The summed E-state index contributed by atoms with van der Waals surface area (Å²) in [7, 11) is 0. The highest BCUT2D eigenvalue weighted by atomic mass is 16.3. The molecular formula is C21H20N6O. The first-order valence-electron chi connectivity index (χ1n) is 9.29. The average molecular weight is 372 g/mol. The Kier molecular flexibility index (Phi) is 4.14. The molecule has 4 aromatic rings. The van der Waals surface area contributed by atoms with Crippen LogP contribution in [-0.2, 0) is 13.0 Å². The second-order valence-electron chi connectivity index (χ2n) is 6.87. The lowest BCUT2D eigenvalue weighted by molar-refractivity contribution is 0.193. The number of H-pyrrole nitrogens is 1. The quantitative estimate of drug-likeness (QED) is 0.576. The predicted molar refractivity (Wildman–Crippen MR) is 104 cm³/mol. The number of hydrogen-bond donors (Lipinski definition) is 2. The van der Waals surface area contributed by atoms with Gasteiger partial charge in [0.25, 0.3) is 0 Å². The molecule has 1 atom stereocenters. The van der Waals surface area contributed by atoms with Crippen molar-refractivity contribution in [2.24, 2.45) is 0 Å². The van der Waals surface area contributed by atoms with Gasteiger partial charge in [0.15, 0.2) is 0 Å². The van der Waals surface area contributed by atoms with Crippen molar-refractivity contribution in [2.45, 2.75) is 19.0 Å². The van der Waals surface area contributed by atoms with Gasteiger partial charge in [0, 0.05) is 55.1 Å². The highest BCUT2D eigenvalue weighted by molar-refractivity contribution is 5.36. The van der Waals surface area contributed by atoms with Gasteiger partial charge in [0.05, 0.1) is 18.1 Å². The number of benzene rings is 1. The van der Waals surface area contributed by atoms with E-state index in [-0.39, 0.29) is 6.04 Å². The lowest BCUT2D eigenvalue weighted by atomic mass is 9.98. The van der Waals surface area contributed by atoms with E-state index in [1.807, 2.05) is 41.1 Å². The topological polar surface area (TPSA) is 82.9 Å². The fourth-order valence-corrected chi connectivity index (χ4v) is 3.90. The third kappa shape index (κ3) is 2.86. The summed E-state index contributed by atoms with van der Waals surface area (Å²) in [6, 6.07) is 13.3. The number of imidazole rings is 1. The van der Waals surface area contributed by atoms with E-state index in [1.54, 1.807) is 24.8 Å². The Hall–Kier alpha value is -3.45. The van der Waals surface area contributed by atoms with Gasteiger partial charge in [0.1, 0.15) is 5.75 Å². The molecule has 1 aliphatic rings. The summed E-state index contributed by atoms with van der Waals surface area (Å²) in [6.07, 6.45) is 8.11. The number of para-hydroxylation sites is 1. The predicted octanol–water partition coefficient (Wildman–Crippen LogP) is 2.84. The van der Waals surface area contributed by atoms with Crippen LogP contribution >= 0.6 is 0 Å². The van der Waals surface area contributed by atoms with Gasteiger partial charge in [-0.2, -0.15) is 0 Å². The van der Waals surface area contributed by atoms with Crippen LogP contribution in [0.25, 0.3) is 5.95 Å². The molecule has 0 bridgehead atoms. The first-order chi connectivity index (χ1) is 13.8. The number of aromatic nitrogens is 5. The Labute approximate surface area is 162 Å². The van der Waals surface area contributed by atoms with Crippen LogP contribution in [0.15, 0.2) is 67.4 Å².